The zero-order chi connectivity index (χ0) is 14.1. The summed E-state index contributed by atoms with van der Waals surface area (Å²) in [5.74, 6) is 0.119. The maximum absolute atomic E-state index is 12.6. The fraction of sp³-hybridized carbons (Fsp3) is 0.312. The molecule has 1 unspecified atom stereocenters. The van der Waals surface area contributed by atoms with E-state index < -0.39 is 0 Å². The zero-order valence-corrected chi connectivity index (χ0v) is 13.7. The van der Waals surface area contributed by atoms with Crippen molar-refractivity contribution in [1.29, 1.82) is 0 Å². The Morgan fingerprint density at radius 2 is 2.25 bits per heavy atom. The smallest absolute Gasteiger partial charge is 0.231 e. The van der Waals surface area contributed by atoms with E-state index in [9.17, 15) is 4.79 Å². The number of rotatable bonds is 2. The van der Waals surface area contributed by atoms with Crippen molar-refractivity contribution in [2.75, 3.05) is 5.32 Å². The Bertz CT molecular complexity index is 650. The van der Waals surface area contributed by atoms with Crippen LogP contribution in [0.25, 0.3) is 0 Å². The van der Waals surface area contributed by atoms with E-state index >= 15 is 0 Å². The molecular formula is C16H16BrNOS. The Morgan fingerprint density at radius 1 is 1.40 bits per heavy atom. The van der Waals surface area contributed by atoms with Crippen LogP contribution in [0.2, 0.25) is 0 Å². The van der Waals surface area contributed by atoms with E-state index in [-0.39, 0.29) is 11.8 Å². The highest BCUT2D eigenvalue weighted by Gasteiger charge is 2.27. The molecule has 0 radical (unpaired) electrons. The van der Waals surface area contributed by atoms with Gasteiger partial charge >= 0.3 is 0 Å². The standard InChI is InChI=1S/C16H16BrNOS/c1-10-13(17)5-3-6-14(10)18-16(19)12-4-2-7-15-11(12)8-9-20-15/h3,5-6,8-9,12H,2,4,7H2,1H3,(H,18,19). The van der Waals surface area contributed by atoms with E-state index in [1.807, 2.05) is 25.1 Å². The quantitative estimate of drug-likeness (QED) is 0.822. The minimum absolute atomic E-state index is 0.00313. The Balaban J connectivity index is 1.83. The molecule has 0 fully saturated rings. The second-order valence-electron chi connectivity index (χ2n) is 5.15. The highest BCUT2D eigenvalue weighted by atomic mass is 79.9. The number of hydrogen-bond acceptors (Lipinski definition) is 2. The predicted octanol–water partition coefficient (Wildman–Crippen LogP) is 4.88. The third kappa shape index (κ3) is 2.54. The summed E-state index contributed by atoms with van der Waals surface area (Å²) in [5.41, 5.74) is 3.19. The third-order valence-corrected chi connectivity index (χ3v) is 5.75. The van der Waals surface area contributed by atoms with Crippen molar-refractivity contribution in [3.05, 3.63) is 50.1 Å². The Labute approximate surface area is 131 Å². The summed E-state index contributed by atoms with van der Waals surface area (Å²) in [7, 11) is 0. The van der Waals surface area contributed by atoms with Gasteiger partial charge in [0.1, 0.15) is 0 Å². The van der Waals surface area contributed by atoms with Gasteiger partial charge in [0.15, 0.2) is 0 Å². The van der Waals surface area contributed by atoms with Crippen LogP contribution in [0, 0.1) is 6.92 Å². The van der Waals surface area contributed by atoms with E-state index in [4.69, 9.17) is 0 Å². The first-order valence-electron chi connectivity index (χ1n) is 6.79. The number of anilines is 1. The van der Waals surface area contributed by atoms with Crippen molar-refractivity contribution in [2.24, 2.45) is 0 Å². The van der Waals surface area contributed by atoms with Crippen LogP contribution >= 0.6 is 27.3 Å². The van der Waals surface area contributed by atoms with Crippen LogP contribution in [0.4, 0.5) is 5.69 Å². The van der Waals surface area contributed by atoms with Gasteiger partial charge in [-0.3, -0.25) is 4.79 Å². The molecule has 0 spiro atoms. The average molecular weight is 350 g/mol. The number of carbonyl (C=O) groups excluding carboxylic acids is 1. The SMILES string of the molecule is Cc1c(Br)cccc1NC(=O)C1CCCc2sccc21. The number of carbonyl (C=O) groups is 1. The van der Waals surface area contributed by atoms with Crippen LogP contribution in [0.1, 0.15) is 34.8 Å². The molecule has 3 rings (SSSR count). The Morgan fingerprint density at radius 3 is 3.10 bits per heavy atom. The molecule has 1 aromatic carbocycles. The maximum Gasteiger partial charge on any atom is 0.231 e. The summed E-state index contributed by atoms with van der Waals surface area (Å²) >= 11 is 5.27. The van der Waals surface area contributed by atoms with Crippen LogP contribution in [0.5, 0.6) is 0 Å². The molecule has 20 heavy (non-hydrogen) atoms. The lowest BCUT2D eigenvalue weighted by molar-refractivity contribution is -0.117. The zero-order valence-electron chi connectivity index (χ0n) is 11.3. The van der Waals surface area contributed by atoms with E-state index in [0.717, 1.165) is 35.0 Å². The molecule has 1 aliphatic carbocycles. The molecule has 1 aliphatic rings. The first kappa shape index (κ1) is 13.8. The van der Waals surface area contributed by atoms with E-state index in [1.54, 1.807) is 11.3 Å². The van der Waals surface area contributed by atoms with Crippen molar-refractivity contribution in [3.8, 4) is 0 Å². The molecule has 0 bridgehead atoms. The van der Waals surface area contributed by atoms with Crippen molar-refractivity contribution in [3.63, 3.8) is 0 Å². The molecule has 2 aromatic rings. The summed E-state index contributed by atoms with van der Waals surface area (Å²) in [6.07, 6.45) is 3.17. The fourth-order valence-corrected chi connectivity index (χ4v) is 4.08. The molecule has 1 N–H and O–H groups in total. The number of amides is 1. The molecular weight excluding hydrogens is 334 g/mol. The third-order valence-electron chi connectivity index (χ3n) is 3.89. The summed E-state index contributed by atoms with van der Waals surface area (Å²) in [6, 6.07) is 8.00. The molecule has 1 heterocycles. The molecule has 4 heteroatoms. The summed E-state index contributed by atoms with van der Waals surface area (Å²) in [4.78, 5) is 13.9. The predicted molar refractivity (Wildman–Crippen MR) is 87.5 cm³/mol. The number of hydrogen-bond donors (Lipinski definition) is 1. The van der Waals surface area contributed by atoms with E-state index in [2.05, 4.69) is 32.7 Å². The molecule has 0 aliphatic heterocycles. The topological polar surface area (TPSA) is 29.1 Å². The number of aryl methyl sites for hydroxylation is 1. The monoisotopic (exact) mass is 349 g/mol. The molecule has 1 atom stereocenters. The van der Waals surface area contributed by atoms with Gasteiger partial charge in [-0.2, -0.15) is 0 Å². The molecule has 1 aromatic heterocycles. The first-order chi connectivity index (χ1) is 9.66. The molecule has 104 valence electrons. The second kappa shape index (κ2) is 5.70. The number of halogens is 1. The number of fused-ring (bicyclic) bond motifs is 1. The normalized spacial score (nSPS) is 17.6. The largest absolute Gasteiger partial charge is 0.325 e. The minimum atomic E-state index is 0.00313. The molecule has 0 saturated heterocycles. The Hall–Kier alpha value is -1.13. The van der Waals surface area contributed by atoms with Crippen molar-refractivity contribution >= 4 is 38.9 Å². The second-order valence-corrected chi connectivity index (χ2v) is 7.00. The van der Waals surface area contributed by atoms with Gasteiger partial charge in [0.05, 0.1) is 5.92 Å². The van der Waals surface area contributed by atoms with E-state index in [0.29, 0.717) is 0 Å². The van der Waals surface area contributed by atoms with Crippen molar-refractivity contribution in [1.82, 2.24) is 0 Å². The van der Waals surface area contributed by atoms with Gasteiger partial charge in [0.2, 0.25) is 5.91 Å². The van der Waals surface area contributed by atoms with Gasteiger partial charge in [-0.05, 0) is 60.9 Å². The van der Waals surface area contributed by atoms with Crippen molar-refractivity contribution in [2.45, 2.75) is 32.1 Å². The fourth-order valence-electron chi connectivity index (χ4n) is 2.72. The number of benzene rings is 1. The maximum atomic E-state index is 12.6. The molecule has 0 saturated carbocycles. The highest BCUT2D eigenvalue weighted by molar-refractivity contribution is 9.10. The van der Waals surface area contributed by atoms with Gasteiger partial charge in [0.25, 0.3) is 0 Å². The lowest BCUT2D eigenvalue weighted by Gasteiger charge is -2.22. The summed E-state index contributed by atoms with van der Waals surface area (Å²) in [5, 5.41) is 5.18. The lowest BCUT2D eigenvalue weighted by atomic mass is 9.87. The Kier molecular flexibility index (Phi) is 3.94. The van der Waals surface area contributed by atoms with Gasteiger partial charge in [-0.1, -0.05) is 22.0 Å². The summed E-state index contributed by atoms with van der Waals surface area (Å²) in [6.45, 7) is 2.01. The van der Waals surface area contributed by atoms with Gasteiger partial charge in [-0.15, -0.1) is 11.3 Å². The van der Waals surface area contributed by atoms with Gasteiger partial charge < -0.3 is 5.32 Å². The number of nitrogens with one attached hydrogen (secondary N) is 1. The van der Waals surface area contributed by atoms with Crippen LogP contribution < -0.4 is 5.32 Å². The van der Waals surface area contributed by atoms with Crippen molar-refractivity contribution < 1.29 is 4.79 Å². The van der Waals surface area contributed by atoms with Gasteiger partial charge in [0, 0.05) is 15.0 Å². The summed E-state index contributed by atoms with van der Waals surface area (Å²) < 4.78 is 1.02. The molecule has 1 amide bonds. The van der Waals surface area contributed by atoms with Crippen LogP contribution in [0.3, 0.4) is 0 Å². The lowest BCUT2D eigenvalue weighted by Crippen LogP contribution is -2.24. The van der Waals surface area contributed by atoms with Crippen LogP contribution in [0.15, 0.2) is 34.1 Å². The first-order valence-corrected chi connectivity index (χ1v) is 8.46. The van der Waals surface area contributed by atoms with E-state index in [1.165, 1.54) is 10.4 Å². The number of thiophene rings is 1. The van der Waals surface area contributed by atoms with Gasteiger partial charge in [-0.25, -0.2) is 0 Å². The highest BCUT2D eigenvalue weighted by Crippen LogP contribution is 2.36. The minimum Gasteiger partial charge on any atom is -0.325 e. The molecule has 2 nitrogen and oxygen atoms in total. The van der Waals surface area contributed by atoms with Crippen LogP contribution in [-0.4, -0.2) is 5.91 Å². The average Bonchev–Trinajstić information content (AvgIpc) is 2.92. The van der Waals surface area contributed by atoms with Crippen LogP contribution in [-0.2, 0) is 11.2 Å².